The molecule has 0 fully saturated rings. The van der Waals surface area contributed by atoms with Gasteiger partial charge in [-0.15, -0.1) is 0 Å². The van der Waals surface area contributed by atoms with E-state index in [1.165, 1.54) is 11.1 Å². The summed E-state index contributed by atoms with van der Waals surface area (Å²) in [6.07, 6.45) is -0.522. The van der Waals surface area contributed by atoms with Crippen molar-refractivity contribution in [2.45, 2.75) is 5.92 Å². The monoisotopic (exact) mass is 365 g/mol. The molecule has 138 valence electrons. The smallest absolute Gasteiger partial charge is 0.407 e. The summed E-state index contributed by atoms with van der Waals surface area (Å²) in [5.74, 6) is -0.328. The minimum atomic E-state index is -0.522. The van der Waals surface area contributed by atoms with E-state index in [0.717, 1.165) is 11.1 Å². The number of fused-ring (bicyclic) bond motifs is 3. The second-order valence-corrected chi connectivity index (χ2v) is 6.01. The summed E-state index contributed by atoms with van der Waals surface area (Å²) in [7, 11) is 4.89. The molecule has 0 heterocycles. The van der Waals surface area contributed by atoms with Crippen LogP contribution in [0.15, 0.2) is 48.5 Å². The second kappa shape index (κ2) is 9.20. The summed E-state index contributed by atoms with van der Waals surface area (Å²) in [4.78, 5) is 27.8. The highest BCUT2D eigenvalue weighted by molar-refractivity contribution is 6.03. The Hall–Kier alpha value is -2.84. The summed E-state index contributed by atoms with van der Waals surface area (Å²) in [6.45, 7) is 0.555. The van der Waals surface area contributed by atoms with Crippen molar-refractivity contribution in [1.82, 2.24) is 16.0 Å². The number of rotatable bonds is 8. The van der Waals surface area contributed by atoms with Crippen LogP contribution < -0.4 is 16.0 Å². The number of benzene rings is 2. The lowest BCUT2D eigenvalue weighted by Crippen LogP contribution is -2.37. The zero-order chi connectivity index (χ0) is 19.1. The van der Waals surface area contributed by atoms with E-state index in [1.807, 2.05) is 29.7 Å². The van der Waals surface area contributed by atoms with Crippen molar-refractivity contribution in [3.05, 3.63) is 59.7 Å². The van der Waals surface area contributed by atoms with Crippen LogP contribution in [-0.4, -0.2) is 46.3 Å². The molecule has 0 spiro atoms. The van der Waals surface area contributed by atoms with Gasteiger partial charge in [0.1, 0.15) is 13.2 Å². The predicted molar refractivity (Wildman–Crippen MR) is 101 cm³/mol. The fourth-order valence-electron chi connectivity index (χ4n) is 3.17. The normalized spacial score (nSPS) is 12.1. The lowest BCUT2D eigenvalue weighted by atomic mass is 9.98. The third-order valence-electron chi connectivity index (χ3n) is 4.35. The molecule has 0 saturated heterocycles. The van der Waals surface area contributed by atoms with Crippen LogP contribution in [0.5, 0.6) is 0 Å². The van der Waals surface area contributed by atoms with E-state index >= 15 is 0 Å². The zero-order valence-corrected chi connectivity index (χ0v) is 14.7. The maximum absolute atomic E-state index is 11.9. The van der Waals surface area contributed by atoms with Gasteiger partial charge >= 0.3 is 6.09 Å². The quantitative estimate of drug-likeness (QED) is 0.372. The van der Waals surface area contributed by atoms with Crippen molar-refractivity contribution in [3.8, 4) is 11.1 Å². The van der Waals surface area contributed by atoms with Crippen LogP contribution in [0.2, 0.25) is 0 Å². The molecule has 0 aromatic heterocycles. The number of amides is 2. The molecular weight excluding hydrogens is 345 g/mol. The van der Waals surface area contributed by atoms with Crippen LogP contribution in [-0.2, 0) is 14.4 Å². The van der Waals surface area contributed by atoms with E-state index in [2.05, 4.69) is 39.7 Å². The standard InChI is InChI=1S/C19H20BN3O4/c20-23-27-12-18(24)21-9-10-22-19(25)26-11-17-15-7-3-1-5-13(15)14-6-2-4-8-16(14)17/h1-8,17,23H,9-12H2,(H,21,24)(H,22,25). The maximum Gasteiger partial charge on any atom is 0.407 e. The van der Waals surface area contributed by atoms with Crippen molar-refractivity contribution in [3.63, 3.8) is 0 Å². The van der Waals surface area contributed by atoms with Crippen molar-refractivity contribution in [2.75, 3.05) is 26.3 Å². The SMILES string of the molecule is [B]NOCC(=O)NCCNC(=O)OCC1c2ccccc2-c2ccccc21. The van der Waals surface area contributed by atoms with Crippen LogP contribution in [0.3, 0.4) is 0 Å². The van der Waals surface area contributed by atoms with Gasteiger partial charge in [-0.1, -0.05) is 48.5 Å². The minimum absolute atomic E-state index is 0.0174. The predicted octanol–water partition coefficient (Wildman–Crippen LogP) is 1.25. The van der Waals surface area contributed by atoms with Crippen molar-refractivity contribution < 1.29 is 19.2 Å². The number of ether oxygens (including phenoxy) is 1. The Kier molecular flexibility index (Phi) is 6.46. The molecule has 2 aromatic rings. The maximum atomic E-state index is 11.9. The Bertz CT molecular complexity index is 770. The summed E-state index contributed by atoms with van der Waals surface area (Å²) in [5, 5.41) is 7.09. The number of hydrogen-bond donors (Lipinski definition) is 3. The minimum Gasteiger partial charge on any atom is -0.449 e. The summed E-state index contributed by atoms with van der Waals surface area (Å²) >= 11 is 0. The van der Waals surface area contributed by atoms with Crippen molar-refractivity contribution in [1.29, 1.82) is 0 Å². The van der Waals surface area contributed by atoms with Gasteiger partial charge in [0.25, 0.3) is 0 Å². The lowest BCUT2D eigenvalue weighted by Gasteiger charge is -2.14. The van der Waals surface area contributed by atoms with Gasteiger partial charge in [0.15, 0.2) is 0 Å². The molecule has 0 unspecified atom stereocenters. The van der Waals surface area contributed by atoms with E-state index < -0.39 is 6.09 Å². The van der Waals surface area contributed by atoms with Gasteiger partial charge in [-0.25, -0.2) is 4.79 Å². The van der Waals surface area contributed by atoms with Gasteiger partial charge in [0.2, 0.25) is 13.9 Å². The van der Waals surface area contributed by atoms with Gasteiger partial charge in [-0.05, 0) is 22.3 Å². The number of alkyl carbamates (subject to hydrolysis) is 1. The second-order valence-electron chi connectivity index (χ2n) is 6.01. The average Bonchev–Trinajstić information content (AvgIpc) is 3.02. The molecule has 3 rings (SSSR count). The van der Waals surface area contributed by atoms with Crippen LogP contribution in [0, 0.1) is 0 Å². The molecule has 0 atom stereocenters. The molecule has 1 aliphatic rings. The number of carbonyl (C=O) groups is 2. The molecule has 1 aliphatic carbocycles. The Morgan fingerprint density at radius 2 is 1.52 bits per heavy atom. The zero-order valence-electron chi connectivity index (χ0n) is 14.7. The van der Waals surface area contributed by atoms with E-state index in [1.54, 1.807) is 0 Å². The summed E-state index contributed by atoms with van der Waals surface area (Å²) < 4.78 is 5.40. The van der Waals surface area contributed by atoms with E-state index in [-0.39, 0.29) is 38.1 Å². The molecule has 3 N–H and O–H groups in total. The lowest BCUT2D eigenvalue weighted by molar-refractivity contribution is -0.126. The topological polar surface area (TPSA) is 88.7 Å². The average molecular weight is 365 g/mol. The highest BCUT2D eigenvalue weighted by atomic mass is 16.6. The Morgan fingerprint density at radius 3 is 2.15 bits per heavy atom. The van der Waals surface area contributed by atoms with E-state index in [4.69, 9.17) is 12.7 Å². The first kappa shape index (κ1) is 18.9. The van der Waals surface area contributed by atoms with Gasteiger partial charge in [0, 0.05) is 19.0 Å². The third-order valence-corrected chi connectivity index (χ3v) is 4.35. The third kappa shape index (κ3) is 4.66. The number of carbonyl (C=O) groups excluding carboxylic acids is 2. The largest absolute Gasteiger partial charge is 0.449 e. The molecule has 0 aliphatic heterocycles. The summed E-state index contributed by atoms with van der Waals surface area (Å²) in [5.41, 5.74) is 4.68. The van der Waals surface area contributed by atoms with E-state index in [9.17, 15) is 9.59 Å². The number of nitrogens with one attached hydrogen (secondary N) is 3. The molecule has 27 heavy (non-hydrogen) atoms. The van der Waals surface area contributed by atoms with Gasteiger partial charge in [0.05, 0.1) is 0 Å². The first-order valence-electron chi connectivity index (χ1n) is 8.63. The molecular formula is C19H20BN3O4. The Labute approximate surface area is 158 Å². The van der Waals surface area contributed by atoms with Gasteiger partial charge in [-0.3, -0.25) is 10.2 Å². The first-order valence-corrected chi connectivity index (χ1v) is 8.63. The fourth-order valence-corrected chi connectivity index (χ4v) is 3.17. The molecule has 2 aromatic carbocycles. The first-order chi connectivity index (χ1) is 13.2. The molecule has 2 amide bonds. The van der Waals surface area contributed by atoms with Crippen LogP contribution in [0.4, 0.5) is 4.79 Å². The highest BCUT2D eigenvalue weighted by Crippen LogP contribution is 2.44. The highest BCUT2D eigenvalue weighted by Gasteiger charge is 2.28. The molecule has 0 saturated carbocycles. The fraction of sp³-hybridized carbons (Fsp3) is 0.263. The molecule has 0 bridgehead atoms. The molecule has 8 heteroatoms. The van der Waals surface area contributed by atoms with Gasteiger partial charge in [-0.2, -0.15) is 0 Å². The van der Waals surface area contributed by atoms with Crippen LogP contribution >= 0.6 is 0 Å². The Balaban J connectivity index is 1.47. The van der Waals surface area contributed by atoms with Crippen LogP contribution in [0.1, 0.15) is 17.0 Å². The van der Waals surface area contributed by atoms with Crippen LogP contribution in [0.25, 0.3) is 11.1 Å². The van der Waals surface area contributed by atoms with E-state index in [0.29, 0.717) is 0 Å². The van der Waals surface area contributed by atoms with Crippen molar-refractivity contribution >= 4 is 20.0 Å². The molecule has 7 nitrogen and oxygen atoms in total. The number of hydrogen-bond acceptors (Lipinski definition) is 5. The summed E-state index contributed by atoms with van der Waals surface area (Å²) in [6, 6.07) is 16.3. The van der Waals surface area contributed by atoms with Crippen molar-refractivity contribution in [2.24, 2.45) is 0 Å². The Morgan fingerprint density at radius 1 is 0.926 bits per heavy atom. The van der Waals surface area contributed by atoms with Gasteiger partial charge < -0.3 is 20.2 Å². The molecule has 2 radical (unpaired) electrons.